The van der Waals surface area contributed by atoms with Crippen LogP contribution in [0.4, 0.5) is 4.39 Å². The van der Waals surface area contributed by atoms with Crippen molar-refractivity contribution in [3.05, 3.63) is 35.1 Å². The largest absolute Gasteiger partial charge is 0.349 e. The Bertz CT molecular complexity index is 376. The molecule has 0 bridgehead atoms. The number of carbonyl (C=O) groups is 1. The van der Waals surface area contributed by atoms with E-state index in [2.05, 4.69) is 12.2 Å². The summed E-state index contributed by atoms with van der Waals surface area (Å²) in [6.07, 6.45) is 1.90. The van der Waals surface area contributed by atoms with Crippen molar-refractivity contribution in [1.29, 1.82) is 0 Å². The maximum absolute atomic E-state index is 13.5. The summed E-state index contributed by atoms with van der Waals surface area (Å²) in [6, 6.07) is 4.72. The van der Waals surface area contributed by atoms with Crippen LogP contribution in [0.1, 0.15) is 42.6 Å². The van der Waals surface area contributed by atoms with E-state index in [0.717, 1.165) is 18.4 Å². The van der Waals surface area contributed by atoms with Gasteiger partial charge in [-0.3, -0.25) is 4.79 Å². The Labute approximate surface area is 95.9 Å². The summed E-state index contributed by atoms with van der Waals surface area (Å²) in [5.41, 5.74) is 0.934. The van der Waals surface area contributed by atoms with E-state index in [0.29, 0.717) is 0 Å². The first kappa shape index (κ1) is 12.7. The van der Waals surface area contributed by atoms with Gasteiger partial charge < -0.3 is 5.32 Å². The number of rotatable bonds is 4. The molecule has 88 valence electrons. The number of amides is 1. The van der Waals surface area contributed by atoms with Gasteiger partial charge in [-0.1, -0.05) is 19.4 Å². The third-order valence-corrected chi connectivity index (χ3v) is 2.47. The molecule has 2 nitrogen and oxygen atoms in total. The van der Waals surface area contributed by atoms with Crippen molar-refractivity contribution in [3.8, 4) is 0 Å². The van der Waals surface area contributed by atoms with Crippen LogP contribution in [-0.4, -0.2) is 11.9 Å². The molecule has 0 aliphatic heterocycles. The molecular weight excluding hydrogens is 205 g/mol. The Morgan fingerprint density at radius 2 is 2.19 bits per heavy atom. The summed E-state index contributed by atoms with van der Waals surface area (Å²) >= 11 is 0. The van der Waals surface area contributed by atoms with Crippen LogP contribution in [0.2, 0.25) is 0 Å². The van der Waals surface area contributed by atoms with Crippen molar-refractivity contribution < 1.29 is 9.18 Å². The molecular formula is C13H18FNO. The second kappa shape index (κ2) is 5.64. The molecule has 1 atom stereocenters. The van der Waals surface area contributed by atoms with Gasteiger partial charge in [0.05, 0.1) is 5.56 Å². The first-order valence-corrected chi connectivity index (χ1v) is 5.61. The number of carbonyl (C=O) groups excluding carboxylic acids is 1. The zero-order chi connectivity index (χ0) is 12.1. The summed E-state index contributed by atoms with van der Waals surface area (Å²) in [5.74, 6) is -0.792. The fourth-order valence-electron chi connectivity index (χ4n) is 1.61. The van der Waals surface area contributed by atoms with Gasteiger partial charge in [0.25, 0.3) is 5.91 Å². The molecule has 1 aromatic carbocycles. The lowest BCUT2D eigenvalue weighted by Crippen LogP contribution is -2.32. The predicted octanol–water partition coefficient (Wildman–Crippen LogP) is 3.05. The lowest BCUT2D eigenvalue weighted by Gasteiger charge is -2.13. The molecule has 0 saturated carbocycles. The molecule has 1 amide bonds. The standard InChI is InChI=1S/C13H18FNO/c1-4-5-10(3)15-13(16)11-7-6-9(2)8-12(11)14/h6-8,10H,4-5H2,1-3H3,(H,15,16). The zero-order valence-corrected chi connectivity index (χ0v) is 10.0. The van der Waals surface area contributed by atoms with Gasteiger partial charge in [-0.15, -0.1) is 0 Å². The lowest BCUT2D eigenvalue weighted by atomic mass is 10.1. The van der Waals surface area contributed by atoms with Crippen LogP contribution in [0.15, 0.2) is 18.2 Å². The molecule has 3 heteroatoms. The van der Waals surface area contributed by atoms with Gasteiger partial charge in [0, 0.05) is 6.04 Å². The summed E-state index contributed by atoms with van der Waals surface area (Å²) < 4.78 is 13.5. The third kappa shape index (κ3) is 3.33. The molecule has 0 saturated heterocycles. The quantitative estimate of drug-likeness (QED) is 0.835. The Balaban J connectivity index is 2.73. The Morgan fingerprint density at radius 3 is 2.75 bits per heavy atom. The highest BCUT2D eigenvalue weighted by Crippen LogP contribution is 2.10. The number of nitrogens with one attached hydrogen (secondary N) is 1. The van der Waals surface area contributed by atoms with E-state index in [1.807, 2.05) is 6.92 Å². The molecule has 1 N–H and O–H groups in total. The average Bonchev–Trinajstić information content (AvgIpc) is 2.17. The van der Waals surface area contributed by atoms with E-state index >= 15 is 0 Å². The number of benzene rings is 1. The highest BCUT2D eigenvalue weighted by atomic mass is 19.1. The minimum Gasteiger partial charge on any atom is -0.349 e. The molecule has 0 heterocycles. The summed E-state index contributed by atoms with van der Waals surface area (Å²) in [7, 11) is 0. The highest BCUT2D eigenvalue weighted by Gasteiger charge is 2.13. The van der Waals surface area contributed by atoms with Crippen LogP contribution >= 0.6 is 0 Å². The lowest BCUT2D eigenvalue weighted by molar-refractivity contribution is 0.0934. The van der Waals surface area contributed by atoms with E-state index in [1.165, 1.54) is 12.1 Å². The summed E-state index contributed by atoms with van der Waals surface area (Å²) in [5, 5.41) is 2.78. The minimum absolute atomic E-state index is 0.0817. The van der Waals surface area contributed by atoms with Crippen LogP contribution in [-0.2, 0) is 0 Å². The first-order valence-electron chi connectivity index (χ1n) is 5.61. The molecule has 0 aliphatic rings. The van der Waals surface area contributed by atoms with Gasteiger partial charge in [0.15, 0.2) is 0 Å². The van der Waals surface area contributed by atoms with E-state index in [-0.39, 0.29) is 17.5 Å². The van der Waals surface area contributed by atoms with Crippen LogP contribution in [0.5, 0.6) is 0 Å². The average molecular weight is 223 g/mol. The minimum atomic E-state index is -0.457. The van der Waals surface area contributed by atoms with Crippen molar-refractivity contribution in [1.82, 2.24) is 5.32 Å². The highest BCUT2D eigenvalue weighted by molar-refractivity contribution is 5.94. The van der Waals surface area contributed by atoms with Crippen molar-refractivity contribution in [2.45, 2.75) is 39.7 Å². The van der Waals surface area contributed by atoms with E-state index in [1.54, 1.807) is 13.0 Å². The van der Waals surface area contributed by atoms with Crippen LogP contribution < -0.4 is 5.32 Å². The molecule has 0 aromatic heterocycles. The van der Waals surface area contributed by atoms with Crippen molar-refractivity contribution in [2.75, 3.05) is 0 Å². The zero-order valence-electron chi connectivity index (χ0n) is 10.0. The maximum Gasteiger partial charge on any atom is 0.254 e. The summed E-state index contributed by atoms with van der Waals surface area (Å²) in [6.45, 7) is 5.77. The number of hydrogen-bond donors (Lipinski definition) is 1. The molecule has 0 spiro atoms. The SMILES string of the molecule is CCCC(C)NC(=O)c1ccc(C)cc1F. The smallest absolute Gasteiger partial charge is 0.254 e. The fourth-order valence-corrected chi connectivity index (χ4v) is 1.61. The fraction of sp³-hybridized carbons (Fsp3) is 0.462. The monoisotopic (exact) mass is 223 g/mol. The molecule has 1 unspecified atom stereocenters. The number of halogens is 1. The van der Waals surface area contributed by atoms with Gasteiger partial charge in [-0.2, -0.15) is 0 Å². The van der Waals surface area contributed by atoms with E-state index < -0.39 is 5.82 Å². The predicted molar refractivity (Wildman–Crippen MR) is 63.0 cm³/mol. The molecule has 1 rings (SSSR count). The molecule has 0 fully saturated rings. The normalized spacial score (nSPS) is 12.2. The van der Waals surface area contributed by atoms with Crippen molar-refractivity contribution in [2.24, 2.45) is 0 Å². The van der Waals surface area contributed by atoms with Crippen LogP contribution in [0, 0.1) is 12.7 Å². The Morgan fingerprint density at radius 1 is 1.50 bits per heavy atom. The first-order chi connectivity index (χ1) is 7.54. The van der Waals surface area contributed by atoms with Crippen molar-refractivity contribution >= 4 is 5.91 Å². The third-order valence-electron chi connectivity index (χ3n) is 2.47. The van der Waals surface area contributed by atoms with Crippen LogP contribution in [0.3, 0.4) is 0 Å². The Kier molecular flexibility index (Phi) is 4.47. The van der Waals surface area contributed by atoms with E-state index in [9.17, 15) is 9.18 Å². The van der Waals surface area contributed by atoms with Gasteiger partial charge in [-0.05, 0) is 38.0 Å². The molecule has 1 aromatic rings. The Hall–Kier alpha value is -1.38. The maximum atomic E-state index is 13.5. The number of hydrogen-bond acceptors (Lipinski definition) is 1. The number of aryl methyl sites for hydroxylation is 1. The second-order valence-electron chi connectivity index (χ2n) is 4.15. The van der Waals surface area contributed by atoms with Gasteiger partial charge in [0.2, 0.25) is 0 Å². The van der Waals surface area contributed by atoms with Crippen LogP contribution in [0.25, 0.3) is 0 Å². The molecule has 16 heavy (non-hydrogen) atoms. The second-order valence-corrected chi connectivity index (χ2v) is 4.15. The van der Waals surface area contributed by atoms with Gasteiger partial charge >= 0.3 is 0 Å². The summed E-state index contributed by atoms with van der Waals surface area (Å²) in [4.78, 5) is 11.7. The van der Waals surface area contributed by atoms with Gasteiger partial charge in [-0.25, -0.2) is 4.39 Å². The molecule has 0 aliphatic carbocycles. The van der Waals surface area contributed by atoms with Crippen molar-refractivity contribution in [3.63, 3.8) is 0 Å². The van der Waals surface area contributed by atoms with Gasteiger partial charge in [0.1, 0.15) is 5.82 Å². The van der Waals surface area contributed by atoms with E-state index in [4.69, 9.17) is 0 Å². The molecule has 0 radical (unpaired) electrons. The topological polar surface area (TPSA) is 29.1 Å².